The van der Waals surface area contributed by atoms with Crippen molar-refractivity contribution in [3.8, 4) is 0 Å². The molecule has 2 nitrogen and oxygen atoms in total. The molecular weight excluding hydrogens is 263 g/mol. The molecule has 0 aromatic heterocycles. The Morgan fingerprint density at radius 3 is 2.74 bits per heavy atom. The highest BCUT2D eigenvalue weighted by atomic mass is 35.5. The Labute approximate surface area is 119 Å². The Morgan fingerprint density at radius 1 is 1.32 bits per heavy atom. The van der Waals surface area contributed by atoms with Gasteiger partial charge in [-0.1, -0.05) is 24.1 Å². The number of rotatable bonds is 5. The van der Waals surface area contributed by atoms with Crippen LogP contribution >= 0.6 is 11.6 Å². The number of nitrogens with zero attached hydrogens (tertiary/aromatic N) is 1. The second-order valence-corrected chi connectivity index (χ2v) is 5.73. The largest absolute Gasteiger partial charge is 0.311 e. The smallest absolute Gasteiger partial charge is 0.141 e. The van der Waals surface area contributed by atoms with Gasteiger partial charge < -0.3 is 5.32 Å². The molecular formula is C15H22ClFN2. The molecule has 1 aromatic rings. The Morgan fingerprint density at radius 2 is 2.05 bits per heavy atom. The van der Waals surface area contributed by atoms with Gasteiger partial charge in [0.05, 0.1) is 5.02 Å². The van der Waals surface area contributed by atoms with Gasteiger partial charge in [0, 0.05) is 19.1 Å². The van der Waals surface area contributed by atoms with Crippen LogP contribution in [0.1, 0.15) is 31.7 Å². The van der Waals surface area contributed by atoms with E-state index in [4.69, 9.17) is 11.6 Å². The van der Waals surface area contributed by atoms with Crippen LogP contribution in [0.5, 0.6) is 0 Å². The lowest BCUT2D eigenvalue weighted by Gasteiger charge is -2.32. The molecule has 1 aliphatic heterocycles. The van der Waals surface area contributed by atoms with Crippen molar-refractivity contribution in [3.63, 3.8) is 0 Å². The highest BCUT2D eigenvalue weighted by molar-refractivity contribution is 6.30. The first-order valence-corrected chi connectivity index (χ1v) is 7.43. The van der Waals surface area contributed by atoms with Gasteiger partial charge in [0.2, 0.25) is 0 Å². The molecule has 1 aliphatic rings. The van der Waals surface area contributed by atoms with Crippen LogP contribution in [-0.2, 0) is 6.54 Å². The molecule has 0 aliphatic carbocycles. The zero-order valence-corrected chi connectivity index (χ0v) is 12.2. The molecule has 106 valence electrons. The number of benzene rings is 1. The molecule has 2 rings (SSSR count). The zero-order chi connectivity index (χ0) is 13.7. The van der Waals surface area contributed by atoms with Crippen LogP contribution in [0.25, 0.3) is 0 Å². The first kappa shape index (κ1) is 14.8. The Balaban J connectivity index is 1.74. The summed E-state index contributed by atoms with van der Waals surface area (Å²) in [5, 5.41) is 3.62. The maximum Gasteiger partial charge on any atom is 0.141 e. The van der Waals surface area contributed by atoms with E-state index in [2.05, 4.69) is 17.1 Å². The van der Waals surface area contributed by atoms with Gasteiger partial charge in [-0.25, -0.2) is 4.39 Å². The van der Waals surface area contributed by atoms with Crippen LogP contribution in [0.2, 0.25) is 5.02 Å². The van der Waals surface area contributed by atoms with Crippen molar-refractivity contribution in [2.45, 2.75) is 38.8 Å². The molecule has 19 heavy (non-hydrogen) atoms. The van der Waals surface area contributed by atoms with Crippen LogP contribution in [0, 0.1) is 5.82 Å². The van der Waals surface area contributed by atoms with Gasteiger partial charge in [-0.3, -0.25) is 4.90 Å². The minimum absolute atomic E-state index is 0.198. The maximum absolute atomic E-state index is 13.0. The van der Waals surface area contributed by atoms with Gasteiger partial charge in [-0.15, -0.1) is 0 Å². The number of hydrogen-bond donors (Lipinski definition) is 1. The molecule has 1 aromatic carbocycles. The Hall–Kier alpha value is -0.640. The topological polar surface area (TPSA) is 15.3 Å². The third-order valence-electron chi connectivity index (χ3n) is 3.77. The first-order chi connectivity index (χ1) is 9.16. The summed E-state index contributed by atoms with van der Waals surface area (Å²) in [6, 6.07) is 5.44. The predicted octanol–water partition coefficient (Wildman–Crippen LogP) is 3.44. The Bertz CT molecular complexity index is 405. The molecule has 1 heterocycles. The van der Waals surface area contributed by atoms with Crippen molar-refractivity contribution in [1.29, 1.82) is 0 Å². The van der Waals surface area contributed by atoms with E-state index in [9.17, 15) is 4.39 Å². The summed E-state index contributed by atoms with van der Waals surface area (Å²) in [4.78, 5) is 2.54. The van der Waals surface area contributed by atoms with Gasteiger partial charge in [0.1, 0.15) is 5.82 Å². The minimum Gasteiger partial charge on any atom is -0.311 e. The van der Waals surface area contributed by atoms with Gasteiger partial charge >= 0.3 is 0 Å². The predicted molar refractivity (Wildman–Crippen MR) is 78.0 cm³/mol. The van der Waals surface area contributed by atoms with E-state index < -0.39 is 0 Å². The van der Waals surface area contributed by atoms with Crippen molar-refractivity contribution in [1.82, 2.24) is 10.2 Å². The van der Waals surface area contributed by atoms with Gasteiger partial charge in [0.25, 0.3) is 0 Å². The van der Waals surface area contributed by atoms with E-state index >= 15 is 0 Å². The van der Waals surface area contributed by atoms with E-state index in [1.54, 1.807) is 12.1 Å². The average molecular weight is 285 g/mol. The maximum atomic E-state index is 13.0. The van der Waals surface area contributed by atoms with Crippen LogP contribution in [0.15, 0.2) is 18.2 Å². The van der Waals surface area contributed by atoms with Gasteiger partial charge in [0.15, 0.2) is 0 Å². The Kier molecular flexibility index (Phi) is 5.61. The van der Waals surface area contributed by atoms with Crippen molar-refractivity contribution < 1.29 is 4.39 Å². The van der Waals surface area contributed by atoms with Crippen molar-refractivity contribution in [2.75, 3.05) is 19.6 Å². The standard InChI is InChI=1S/C15H22ClFN2/c1-12(19-7-3-2-4-8-19)10-18-11-13-5-6-15(17)14(16)9-13/h5-6,9,12,18H,2-4,7-8,10-11H2,1H3. The fourth-order valence-corrected chi connectivity index (χ4v) is 2.77. The van der Waals surface area contributed by atoms with E-state index in [1.165, 1.54) is 38.4 Å². The monoisotopic (exact) mass is 284 g/mol. The first-order valence-electron chi connectivity index (χ1n) is 7.05. The molecule has 1 saturated heterocycles. The fourth-order valence-electron chi connectivity index (χ4n) is 2.56. The fraction of sp³-hybridized carbons (Fsp3) is 0.600. The molecule has 0 spiro atoms. The van der Waals surface area contributed by atoms with Crippen molar-refractivity contribution >= 4 is 11.6 Å². The van der Waals surface area contributed by atoms with E-state index in [0.29, 0.717) is 6.04 Å². The summed E-state index contributed by atoms with van der Waals surface area (Å²) in [6.45, 7) is 6.37. The lowest BCUT2D eigenvalue weighted by Crippen LogP contribution is -2.42. The number of likely N-dealkylation sites (tertiary alicyclic amines) is 1. The summed E-state index contributed by atoms with van der Waals surface area (Å²) < 4.78 is 13.0. The molecule has 1 atom stereocenters. The highest BCUT2D eigenvalue weighted by Crippen LogP contribution is 2.16. The minimum atomic E-state index is -0.355. The van der Waals surface area contributed by atoms with Gasteiger partial charge in [-0.05, 0) is 50.6 Å². The summed E-state index contributed by atoms with van der Waals surface area (Å²) >= 11 is 5.77. The summed E-state index contributed by atoms with van der Waals surface area (Å²) in [5.41, 5.74) is 1.03. The lowest BCUT2D eigenvalue weighted by atomic mass is 10.1. The molecule has 1 N–H and O–H groups in total. The van der Waals surface area contributed by atoms with E-state index in [1.807, 2.05) is 0 Å². The molecule has 4 heteroatoms. The van der Waals surface area contributed by atoms with Crippen molar-refractivity contribution in [2.24, 2.45) is 0 Å². The second-order valence-electron chi connectivity index (χ2n) is 5.33. The number of hydrogen-bond acceptors (Lipinski definition) is 2. The summed E-state index contributed by atoms with van der Waals surface area (Å²) in [6.07, 6.45) is 4.00. The highest BCUT2D eigenvalue weighted by Gasteiger charge is 2.15. The third-order valence-corrected chi connectivity index (χ3v) is 4.06. The third kappa shape index (κ3) is 4.44. The molecule has 0 bridgehead atoms. The number of piperidine rings is 1. The number of nitrogens with one attached hydrogen (secondary N) is 1. The second kappa shape index (κ2) is 7.22. The molecule has 0 radical (unpaired) electrons. The summed E-state index contributed by atoms with van der Waals surface area (Å²) in [7, 11) is 0. The van der Waals surface area contributed by atoms with Crippen LogP contribution in [0.4, 0.5) is 4.39 Å². The molecule has 1 unspecified atom stereocenters. The van der Waals surface area contributed by atoms with E-state index in [0.717, 1.165) is 18.7 Å². The average Bonchev–Trinajstić information content (AvgIpc) is 2.43. The quantitative estimate of drug-likeness (QED) is 0.891. The molecule has 0 amide bonds. The van der Waals surface area contributed by atoms with Crippen LogP contribution < -0.4 is 5.32 Å². The van der Waals surface area contributed by atoms with Crippen molar-refractivity contribution in [3.05, 3.63) is 34.6 Å². The SMILES string of the molecule is CC(CNCc1ccc(F)c(Cl)c1)N1CCCCC1. The molecule has 1 fully saturated rings. The van der Waals surface area contributed by atoms with Crippen LogP contribution in [0.3, 0.4) is 0 Å². The van der Waals surface area contributed by atoms with E-state index in [-0.39, 0.29) is 10.8 Å². The summed E-state index contributed by atoms with van der Waals surface area (Å²) in [5.74, 6) is -0.355. The normalized spacial score (nSPS) is 18.5. The lowest BCUT2D eigenvalue weighted by molar-refractivity contribution is 0.170. The van der Waals surface area contributed by atoms with Gasteiger partial charge in [-0.2, -0.15) is 0 Å². The zero-order valence-electron chi connectivity index (χ0n) is 11.5. The van der Waals surface area contributed by atoms with Crippen LogP contribution in [-0.4, -0.2) is 30.6 Å². The molecule has 0 saturated carbocycles. The number of halogens is 2.